The lowest BCUT2D eigenvalue weighted by atomic mass is 10.0. The Morgan fingerprint density at radius 2 is 2.04 bits per heavy atom. The summed E-state index contributed by atoms with van der Waals surface area (Å²) in [5, 5.41) is 23.4. The van der Waals surface area contributed by atoms with Crippen molar-refractivity contribution in [1.82, 2.24) is 5.32 Å². The standard InChI is InChI=1S/C17H18N2O4/c1-3-12-7-8-16(20)15(9-12)17(21)18-11(2)13-5-4-6-14(10-13)19(22)23/h4-11,20H,3H2,1-2H3,(H,18,21). The molecule has 6 nitrogen and oxygen atoms in total. The molecule has 0 bridgehead atoms. The zero-order valence-corrected chi connectivity index (χ0v) is 12.9. The molecule has 0 aliphatic carbocycles. The van der Waals surface area contributed by atoms with Crippen LogP contribution in [0.5, 0.6) is 5.75 Å². The molecule has 0 saturated heterocycles. The van der Waals surface area contributed by atoms with Crippen LogP contribution in [0.3, 0.4) is 0 Å². The second kappa shape index (κ2) is 6.91. The summed E-state index contributed by atoms with van der Waals surface area (Å²) in [6, 6.07) is 10.6. The van der Waals surface area contributed by atoms with Crippen molar-refractivity contribution in [1.29, 1.82) is 0 Å². The third-order valence-corrected chi connectivity index (χ3v) is 3.64. The smallest absolute Gasteiger partial charge is 0.269 e. The number of hydrogen-bond donors (Lipinski definition) is 2. The van der Waals surface area contributed by atoms with E-state index in [2.05, 4.69) is 5.32 Å². The second-order valence-corrected chi connectivity index (χ2v) is 5.25. The molecule has 1 atom stereocenters. The van der Waals surface area contributed by atoms with Gasteiger partial charge >= 0.3 is 0 Å². The van der Waals surface area contributed by atoms with Crippen LogP contribution in [0.2, 0.25) is 0 Å². The van der Waals surface area contributed by atoms with Gasteiger partial charge in [-0.25, -0.2) is 0 Å². The van der Waals surface area contributed by atoms with Crippen LogP contribution in [-0.2, 0) is 6.42 Å². The van der Waals surface area contributed by atoms with Crippen molar-refractivity contribution in [3.05, 3.63) is 69.3 Å². The third-order valence-electron chi connectivity index (χ3n) is 3.64. The molecule has 2 rings (SSSR count). The molecule has 1 unspecified atom stereocenters. The Kier molecular flexibility index (Phi) is 4.95. The minimum atomic E-state index is -0.478. The van der Waals surface area contributed by atoms with Crippen molar-refractivity contribution < 1.29 is 14.8 Å². The SMILES string of the molecule is CCc1ccc(O)c(C(=O)NC(C)c2cccc([N+](=O)[O-])c2)c1. The molecule has 0 aromatic heterocycles. The first kappa shape index (κ1) is 16.5. The molecule has 0 aliphatic rings. The van der Waals surface area contributed by atoms with Crippen molar-refractivity contribution in [2.45, 2.75) is 26.3 Å². The maximum atomic E-state index is 12.3. The fraction of sp³-hybridized carbons (Fsp3) is 0.235. The van der Waals surface area contributed by atoms with Gasteiger partial charge in [0.25, 0.3) is 11.6 Å². The van der Waals surface area contributed by atoms with E-state index in [1.54, 1.807) is 31.2 Å². The van der Waals surface area contributed by atoms with Gasteiger partial charge in [0.1, 0.15) is 5.75 Å². The van der Waals surface area contributed by atoms with Crippen molar-refractivity contribution in [3.8, 4) is 5.75 Å². The van der Waals surface area contributed by atoms with E-state index >= 15 is 0 Å². The predicted molar refractivity (Wildman–Crippen MR) is 86.5 cm³/mol. The molecule has 2 aromatic carbocycles. The lowest BCUT2D eigenvalue weighted by Crippen LogP contribution is -2.26. The maximum Gasteiger partial charge on any atom is 0.269 e. The lowest BCUT2D eigenvalue weighted by Gasteiger charge is -2.15. The van der Waals surface area contributed by atoms with Crippen LogP contribution in [0.15, 0.2) is 42.5 Å². The molecule has 0 aliphatic heterocycles. The van der Waals surface area contributed by atoms with Gasteiger partial charge in [0.15, 0.2) is 0 Å². The number of nitro benzene ring substituents is 1. The fourth-order valence-electron chi connectivity index (χ4n) is 2.25. The van der Waals surface area contributed by atoms with Gasteiger partial charge in [0.05, 0.1) is 16.5 Å². The van der Waals surface area contributed by atoms with E-state index in [9.17, 15) is 20.0 Å². The number of nitrogens with zero attached hydrogens (tertiary/aromatic N) is 1. The largest absolute Gasteiger partial charge is 0.507 e. The number of nitrogens with one attached hydrogen (secondary N) is 1. The van der Waals surface area contributed by atoms with Gasteiger partial charge in [-0.2, -0.15) is 0 Å². The van der Waals surface area contributed by atoms with Crippen LogP contribution in [0.4, 0.5) is 5.69 Å². The molecule has 6 heteroatoms. The summed E-state index contributed by atoms with van der Waals surface area (Å²) >= 11 is 0. The summed E-state index contributed by atoms with van der Waals surface area (Å²) < 4.78 is 0. The first-order chi connectivity index (χ1) is 10.9. The van der Waals surface area contributed by atoms with E-state index < -0.39 is 16.9 Å². The highest BCUT2D eigenvalue weighted by Crippen LogP contribution is 2.22. The average Bonchev–Trinajstić information content (AvgIpc) is 2.55. The monoisotopic (exact) mass is 314 g/mol. The van der Waals surface area contributed by atoms with Crippen molar-refractivity contribution in [2.75, 3.05) is 0 Å². The minimum Gasteiger partial charge on any atom is -0.507 e. The van der Waals surface area contributed by atoms with Crippen LogP contribution in [-0.4, -0.2) is 15.9 Å². The van der Waals surface area contributed by atoms with E-state index in [4.69, 9.17) is 0 Å². The van der Waals surface area contributed by atoms with E-state index in [0.29, 0.717) is 5.56 Å². The Labute approximate surface area is 133 Å². The Bertz CT molecular complexity index is 743. The lowest BCUT2D eigenvalue weighted by molar-refractivity contribution is -0.384. The van der Waals surface area contributed by atoms with E-state index in [-0.39, 0.29) is 17.0 Å². The van der Waals surface area contributed by atoms with Crippen LogP contribution in [0.25, 0.3) is 0 Å². The van der Waals surface area contributed by atoms with Gasteiger partial charge < -0.3 is 10.4 Å². The first-order valence-corrected chi connectivity index (χ1v) is 7.29. The van der Waals surface area contributed by atoms with Crippen molar-refractivity contribution in [2.24, 2.45) is 0 Å². The molecule has 2 aromatic rings. The van der Waals surface area contributed by atoms with Gasteiger partial charge in [-0.15, -0.1) is 0 Å². The number of non-ortho nitro benzene ring substituents is 1. The molecule has 0 fully saturated rings. The van der Waals surface area contributed by atoms with Crippen molar-refractivity contribution in [3.63, 3.8) is 0 Å². The van der Waals surface area contributed by atoms with Gasteiger partial charge in [-0.1, -0.05) is 25.1 Å². The van der Waals surface area contributed by atoms with E-state index in [1.165, 1.54) is 18.2 Å². The number of carbonyl (C=O) groups is 1. The third kappa shape index (κ3) is 3.85. The number of aromatic hydroxyl groups is 1. The number of aryl methyl sites for hydroxylation is 1. The van der Waals surface area contributed by atoms with Gasteiger partial charge in [0, 0.05) is 12.1 Å². The highest BCUT2D eigenvalue weighted by Gasteiger charge is 2.17. The summed E-state index contributed by atoms with van der Waals surface area (Å²) in [6.45, 7) is 3.69. The summed E-state index contributed by atoms with van der Waals surface area (Å²) in [7, 11) is 0. The Hall–Kier alpha value is -2.89. The van der Waals surface area contributed by atoms with Gasteiger partial charge in [0.2, 0.25) is 0 Å². The summed E-state index contributed by atoms with van der Waals surface area (Å²) in [4.78, 5) is 22.7. The van der Waals surface area contributed by atoms with Crippen LogP contribution in [0, 0.1) is 10.1 Å². The van der Waals surface area contributed by atoms with Crippen LogP contribution in [0.1, 0.15) is 41.4 Å². The normalized spacial score (nSPS) is 11.7. The molecule has 1 amide bonds. The minimum absolute atomic E-state index is 0.0283. The molecule has 0 radical (unpaired) electrons. The Balaban J connectivity index is 2.20. The fourth-order valence-corrected chi connectivity index (χ4v) is 2.25. The van der Waals surface area contributed by atoms with Crippen LogP contribution < -0.4 is 5.32 Å². The number of nitro groups is 1. The predicted octanol–water partition coefficient (Wildman–Crippen LogP) is 3.35. The average molecular weight is 314 g/mol. The topological polar surface area (TPSA) is 92.5 Å². The summed E-state index contributed by atoms with van der Waals surface area (Å²) in [5.41, 5.74) is 1.73. The van der Waals surface area contributed by atoms with Crippen molar-refractivity contribution >= 4 is 11.6 Å². The molecular weight excluding hydrogens is 296 g/mol. The number of phenolic OH excluding ortho intramolecular Hbond substituents is 1. The van der Waals surface area contributed by atoms with E-state index in [1.807, 2.05) is 6.92 Å². The number of benzene rings is 2. The molecule has 0 saturated carbocycles. The zero-order chi connectivity index (χ0) is 17.0. The molecular formula is C17H18N2O4. The number of hydrogen-bond acceptors (Lipinski definition) is 4. The molecule has 23 heavy (non-hydrogen) atoms. The molecule has 120 valence electrons. The van der Waals surface area contributed by atoms with E-state index in [0.717, 1.165) is 12.0 Å². The molecule has 0 spiro atoms. The Morgan fingerprint density at radius 3 is 2.70 bits per heavy atom. The van der Waals surface area contributed by atoms with Gasteiger partial charge in [-0.05, 0) is 36.6 Å². The number of carbonyl (C=O) groups excluding carboxylic acids is 1. The maximum absolute atomic E-state index is 12.3. The summed E-state index contributed by atoms with van der Waals surface area (Å²) in [5.74, 6) is -0.511. The highest BCUT2D eigenvalue weighted by atomic mass is 16.6. The quantitative estimate of drug-likeness (QED) is 0.654. The van der Waals surface area contributed by atoms with Crippen LogP contribution >= 0.6 is 0 Å². The highest BCUT2D eigenvalue weighted by molar-refractivity contribution is 5.97. The number of amides is 1. The zero-order valence-electron chi connectivity index (χ0n) is 12.9. The molecule has 0 heterocycles. The van der Waals surface area contributed by atoms with Gasteiger partial charge in [-0.3, -0.25) is 14.9 Å². The second-order valence-electron chi connectivity index (χ2n) is 5.25. The Morgan fingerprint density at radius 1 is 1.30 bits per heavy atom. The number of phenols is 1. The summed E-state index contributed by atoms with van der Waals surface area (Å²) in [6.07, 6.45) is 0.751. The first-order valence-electron chi connectivity index (χ1n) is 7.29. The number of rotatable bonds is 5. The molecule has 2 N–H and O–H groups in total.